The topological polar surface area (TPSA) is 27.0 Å². The van der Waals surface area contributed by atoms with Gasteiger partial charge in [0, 0.05) is 18.3 Å². The van der Waals surface area contributed by atoms with Crippen LogP contribution in [0.25, 0.3) is 11.6 Å². The summed E-state index contributed by atoms with van der Waals surface area (Å²) in [6.07, 6.45) is 3.12. The van der Waals surface area contributed by atoms with Crippen LogP contribution in [0.4, 0.5) is 5.69 Å². The summed E-state index contributed by atoms with van der Waals surface area (Å²) in [4.78, 5) is 2.37. The van der Waals surface area contributed by atoms with Crippen LogP contribution in [-0.4, -0.2) is 12.6 Å². The molecule has 0 unspecified atom stereocenters. The molecule has 0 spiro atoms. The third-order valence-corrected chi connectivity index (χ3v) is 5.17. The largest absolute Gasteiger partial charge is 0.369 e. The van der Waals surface area contributed by atoms with Crippen molar-refractivity contribution in [3.8, 4) is 6.07 Å². The minimum absolute atomic E-state index is 0.172. The smallest absolute Gasteiger partial charge is 0.0998 e. The van der Waals surface area contributed by atoms with Gasteiger partial charge in [0.1, 0.15) is 0 Å². The fraction of sp³-hybridized carbons (Fsp3) is 0.318. The molecule has 0 bridgehead atoms. The maximum atomic E-state index is 9.52. The Morgan fingerprint density at radius 1 is 1.21 bits per heavy atom. The highest BCUT2D eigenvalue weighted by atomic mass is 15.2. The van der Waals surface area contributed by atoms with Gasteiger partial charge >= 0.3 is 0 Å². The Morgan fingerprint density at radius 3 is 2.58 bits per heavy atom. The van der Waals surface area contributed by atoms with Crippen LogP contribution in [0.1, 0.15) is 49.8 Å². The molecule has 1 aliphatic heterocycles. The minimum Gasteiger partial charge on any atom is -0.369 e. The van der Waals surface area contributed by atoms with Crippen LogP contribution in [0, 0.1) is 11.3 Å². The fourth-order valence-corrected chi connectivity index (χ4v) is 3.65. The van der Waals surface area contributed by atoms with Crippen LogP contribution in [0.5, 0.6) is 0 Å². The first kappa shape index (κ1) is 16.3. The van der Waals surface area contributed by atoms with Gasteiger partial charge in [-0.25, -0.2) is 0 Å². The molecule has 0 saturated heterocycles. The van der Waals surface area contributed by atoms with E-state index in [1.54, 1.807) is 0 Å². The summed E-state index contributed by atoms with van der Waals surface area (Å²) in [7, 11) is 2.17. The highest BCUT2D eigenvalue weighted by molar-refractivity contribution is 5.90. The van der Waals surface area contributed by atoms with E-state index in [-0.39, 0.29) is 5.54 Å². The van der Waals surface area contributed by atoms with E-state index < -0.39 is 0 Å². The Morgan fingerprint density at radius 2 is 1.92 bits per heavy atom. The van der Waals surface area contributed by atoms with Crippen molar-refractivity contribution in [1.29, 1.82) is 5.26 Å². The molecule has 2 nitrogen and oxygen atoms in total. The second-order valence-corrected chi connectivity index (χ2v) is 7.33. The third kappa shape index (κ3) is 2.95. The van der Waals surface area contributed by atoms with Gasteiger partial charge in [-0.15, -0.1) is 0 Å². The number of hydrogen-bond donors (Lipinski definition) is 0. The van der Waals surface area contributed by atoms with Crippen LogP contribution in [-0.2, 0) is 0 Å². The van der Waals surface area contributed by atoms with Crippen molar-refractivity contribution in [2.75, 3.05) is 11.9 Å². The lowest BCUT2D eigenvalue weighted by Crippen LogP contribution is -2.45. The molecule has 1 heterocycles. The number of benzene rings is 2. The lowest BCUT2D eigenvalue weighted by molar-refractivity contribution is 0.395. The third-order valence-electron chi connectivity index (χ3n) is 5.17. The maximum absolute atomic E-state index is 9.52. The van der Waals surface area contributed by atoms with Gasteiger partial charge in [0.15, 0.2) is 0 Å². The van der Waals surface area contributed by atoms with Crippen molar-refractivity contribution >= 4 is 17.3 Å². The van der Waals surface area contributed by atoms with E-state index in [0.717, 1.165) is 17.5 Å². The second-order valence-electron chi connectivity index (χ2n) is 7.33. The van der Waals surface area contributed by atoms with Gasteiger partial charge in [0.05, 0.1) is 11.6 Å². The van der Waals surface area contributed by atoms with Gasteiger partial charge in [-0.05, 0) is 61.1 Å². The number of hydrogen-bond acceptors (Lipinski definition) is 2. The van der Waals surface area contributed by atoms with E-state index in [1.165, 1.54) is 11.3 Å². The Bertz CT molecular complexity index is 810. The van der Waals surface area contributed by atoms with E-state index >= 15 is 0 Å². The summed E-state index contributed by atoms with van der Waals surface area (Å²) in [6, 6.07) is 18.7. The monoisotopic (exact) mass is 316 g/mol. The molecular weight excluding hydrogens is 292 g/mol. The van der Waals surface area contributed by atoms with Gasteiger partial charge in [-0.2, -0.15) is 5.26 Å². The molecule has 0 saturated carbocycles. The molecule has 3 rings (SSSR count). The molecule has 24 heavy (non-hydrogen) atoms. The molecule has 0 amide bonds. The molecule has 2 aromatic rings. The Hall–Kier alpha value is -2.53. The first-order valence-electron chi connectivity index (χ1n) is 8.47. The molecule has 0 fully saturated rings. The van der Waals surface area contributed by atoms with Crippen molar-refractivity contribution in [2.45, 2.75) is 38.6 Å². The average molecular weight is 316 g/mol. The van der Waals surface area contributed by atoms with Crippen LogP contribution in [0.3, 0.4) is 0 Å². The molecule has 0 aliphatic carbocycles. The Kier molecular flexibility index (Phi) is 4.20. The normalized spacial score (nSPS) is 19.5. The Balaban J connectivity index is 2.02. The zero-order chi connectivity index (χ0) is 17.3. The summed E-state index contributed by atoms with van der Waals surface area (Å²) in [5.41, 5.74) is 5.60. The molecule has 0 aromatic heterocycles. The molecule has 1 aliphatic rings. The van der Waals surface area contributed by atoms with Gasteiger partial charge in [0.2, 0.25) is 0 Å². The average Bonchev–Trinajstić information content (AvgIpc) is 2.58. The summed E-state index contributed by atoms with van der Waals surface area (Å²) >= 11 is 0. The van der Waals surface area contributed by atoms with Crippen molar-refractivity contribution < 1.29 is 0 Å². The van der Waals surface area contributed by atoms with Crippen LogP contribution < -0.4 is 4.90 Å². The Labute approximate surface area is 145 Å². The van der Waals surface area contributed by atoms with E-state index in [4.69, 9.17) is 0 Å². The van der Waals surface area contributed by atoms with E-state index in [1.807, 2.05) is 36.4 Å². The summed E-state index contributed by atoms with van der Waals surface area (Å²) < 4.78 is 0. The van der Waals surface area contributed by atoms with E-state index in [0.29, 0.717) is 11.5 Å². The molecule has 0 radical (unpaired) electrons. The number of anilines is 1. The number of nitrogens with zero attached hydrogens (tertiary/aromatic N) is 2. The molecule has 2 aromatic carbocycles. The maximum Gasteiger partial charge on any atom is 0.0998 e. The van der Waals surface area contributed by atoms with Crippen molar-refractivity contribution in [1.82, 2.24) is 0 Å². The summed E-state index contributed by atoms with van der Waals surface area (Å²) in [5, 5.41) is 9.52. The van der Waals surface area contributed by atoms with Crippen molar-refractivity contribution in [3.05, 3.63) is 65.2 Å². The van der Waals surface area contributed by atoms with Crippen LogP contribution in [0.2, 0.25) is 0 Å². The van der Waals surface area contributed by atoms with Gasteiger partial charge in [-0.3, -0.25) is 0 Å². The predicted molar refractivity (Wildman–Crippen MR) is 102 cm³/mol. The van der Waals surface area contributed by atoms with Gasteiger partial charge in [0.25, 0.3) is 0 Å². The fourth-order valence-electron chi connectivity index (χ4n) is 3.65. The van der Waals surface area contributed by atoms with Gasteiger partial charge < -0.3 is 4.90 Å². The standard InChI is InChI=1S/C22H24N2/c1-16-14-22(2,3)24(4)21-11-10-17(13-20(16)21)12-19(15-23)18-8-6-5-7-9-18/h5-13,16H,14H2,1-4H3/b19-12+/t16-/m1/s1. The molecule has 1 atom stereocenters. The summed E-state index contributed by atoms with van der Waals surface area (Å²) in [6.45, 7) is 6.89. The van der Waals surface area contributed by atoms with Crippen LogP contribution in [0.15, 0.2) is 48.5 Å². The first-order valence-corrected chi connectivity index (χ1v) is 8.47. The summed E-state index contributed by atoms with van der Waals surface area (Å²) in [5.74, 6) is 0.516. The highest BCUT2D eigenvalue weighted by Gasteiger charge is 2.33. The lowest BCUT2D eigenvalue weighted by atomic mass is 9.80. The first-order chi connectivity index (χ1) is 11.4. The van der Waals surface area contributed by atoms with E-state index in [9.17, 15) is 5.26 Å². The van der Waals surface area contributed by atoms with Gasteiger partial charge in [-0.1, -0.05) is 43.3 Å². The predicted octanol–water partition coefficient (Wildman–Crippen LogP) is 5.47. The minimum atomic E-state index is 0.172. The lowest BCUT2D eigenvalue weighted by Gasteiger charge is -2.45. The molecule has 2 heteroatoms. The van der Waals surface area contributed by atoms with E-state index in [2.05, 4.69) is 57.0 Å². The van der Waals surface area contributed by atoms with Crippen molar-refractivity contribution in [3.63, 3.8) is 0 Å². The molecular formula is C22H24N2. The number of nitriles is 1. The zero-order valence-electron chi connectivity index (χ0n) is 14.9. The zero-order valence-corrected chi connectivity index (χ0v) is 14.9. The quantitative estimate of drug-likeness (QED) is 0.542. The number of rotatable bonds is 2. The molecule has 122 valence electrons. The van der Waals surface area contributed by atoms with Crippen molar-refractivity contribution in [2.24, 2.45) is 0 Å². The number of fused-ring (bicyclic) bond motifs is 1. The SMILES string of the molecule is C[C@@H]1CC(C)(C)N(C)c2ccc(/C=C(\C#N)c3ccccc3)cc21. The second kappa shape index (κ2) is 6.17. The van der Waals surface area contributed by atoms with Crippen LogP contribution >= 0.6 is 0 Å². The molecule has 0 N–H and O–H groups in total. The number of allylic oxidation sites excluding steroid dienone is 1. The highest BCUT2D eigenvalue weighted by Crippen LogP contribution is 2.42.